The lowest BCUT2D eigenvalue weighted by molar-refractivity contribution is 0.0865. The van der Waals surface area contributed by atoms with Crippen molar-refractivity contribution in [3.63, 3.8) is 0 Å². The predicted octanol–water partition coefficient (Wildman–Crippen LogP) is 11.2. The molecule has 264 valence electrons. The highest BCUT2D eigenvalue weighted by Crippen LogP contribution is 2.61. The Hall–Kier alpha value is -3.20. The second-order valence-corrected chi connectivity index (χ2v) is 20.4. The SMILES string of the molecule is CC(CCCO[Si](c1ccccc1)(c1ccccc1)c1ccccc1)(C1CCCC2=C1CC1=C2CCCC1)C1CCCC2=C1CC1=C2CCCC1. The van der Waals surface area contributed by atoms with Crippen LogP contribution in [0.15, 0.2) is 136 Å². The van der Waals surface area contributed by atoms with E-state index in [1.165, 1.54) is 125 Å². The summed E-state index contributed by atoms with van der Waals surface area (Å²) in [4.78, 5) is 0. The van der Waals surface area contributed by atoms with E-state index < -0.39 is 8.32 Å². The Balaban J connectivity index is 1.06. The van der Waals surface area contributed by atoms with Gasteiger partial charge in [-0.15, -0.1) is 0 Å². The van der Waals surface area contributed by atoms with Gasteiger partial charge in [0.25, 0.3) is 8.32 Å². The lowest BCUT2D eigenvalue weighted by Gasteiger charge is -2.49. The quantitative estimate of drug-likeness (QED) is 0.117. The fraction of sp³-hybridized carbons (Fsp3) is 0.469. The Kier molecular flexibility index (Phi) is 9.44. The fourth-order valence-electron chi connectivity index (χ4n) is 12.2. The van der Waals surface area contributed by atoms with E-state index in [9.17, 15) is 0 Å². The van der Waals surface area contributed by atoms with Crippen molar-refractivity contribution in [1.82, 2.24) is 0 Å². The highest BCUT2D eigenvalue weighted by Gasteiger charge is 2.49. The topological polar surface area (TPSA) is 9.23 Å². The van der Waals surface area contributed by atoms with Gasteiger partial charge in [0.05, 0.1) is 0 Å². The Labute approximate surface area is 309 Å². The summed E-state index contributed by atoms with van der Waals surface area (Å²) >= 11 is 0. The monoisotopic (exact) mass is 690 g/mol. The summed E-state index contributed by atoms with van der Waals surface area (Å²) in [5.41, 5.74) is 15.1. The summed E-state index contributed by atoms with van der Waals surface area (Å²) in [7, 11) is -2.72. The second kappa shape index (κ2) is 14.3. The first-order valence-corrected chi connectivity index (χ1v) is 22.7. The molecular formula is C49H58OSi. The van der Waals surface area contributed by atoms with Gasteiger partial charge in [0.2, 0.25) is 0 Å². The second-order valence-electron chi connectivity index (χ2n) is 17.1. The number of rotatable bonds is 10. The first kappa shape index (κ1) is 33.6. The molecule has 0 amide bonds. The van der Waals surface area contributed by atoms with Gasteiger partial charge in [-0.05, 0) is 171 Å². The smallest absolute Gasteiger partial charge is 0.288 e. The van der Waals surface area contributed by atoms with Crippen LogP contribution in [0.3, 0.4) is 0 Å². The van der Waals surface area contributed by atoms with E-state index in [2.05, 4.69) is 97.9 Å². The van der Waals surface area contributed by atoms with Crippen LogP contribution in [0.1, 0.15) is 122 Å². The molecule has 0 saturated carbocycles. The van der Waals surface area contributed by atoms with Crippen molar-refractivity contribution in [1.29, 1.82) is 0 Å². The summed E-state index contributed by atoms with van der Waals surface area (Å²) in [6, 6.07) is 33.6. The van der Waals surface area contributed by atoms with Crippen molar-refractivity contribution >= 4 is 23.9 Å². The summed E-state index contributed by atoms with van der Waals surface area (Å²) < 4.78 is 7.58. The minimum Gasteiger partial charge on any atom is -0.404 e. The van der Waals surface area contributed by atoms with Crippen molar-refractivity contribution in [3.05, 3.63) is 136 Å². The van der Waals surface area contributed by atoms with Crippen LogP contribution >= 0.6 is 0 Å². The van der Waals surface area contributed by atoms with E-state index in [0.29, 0.717) is 11.8 Å². The molecule has 0 heterocycles. The summed E-state index contributed by atoms with van der Waals surface area (Å²) in [5.74, 6) is 1.42. The molecule has 0 N–H and O–H groups in total. The van der Waals surface area contributed by atoms with Gasteiger partial charge in [0.15, 0.2) is 0 Å². The average Bonchev–Trinajstić information content (AvgIpc) is 3.78. The van der Waals surface area contributed by atoms with Crippen molar-refractivity contribution in [2.45, 2.75) is 122 Å². The number of benzene rings is 3. The first-order chi connectivity index (χ1) is 25.2. The maximum absolute atomic E-state index is 7.58. The molecule has 0 saturated heterocycles. The molecule has 2 unspecified atom stereocenters. The van der Waals surface area contributed by atoms with Crippen LogP contribution in [0.25, 0.3) is 0 Å². The van der Waals surface area contributed by atoms with E-state index in [0.717, 1.165) is 13.0 Å². The number of hydrogen-bond acceptors (Lipinski definition) is 1. The number of fused-ring (bicyclic) bond motifs is 2. The maximum atomic E-state index is 7.58. The van der Waals surface area contributed by atoms with Crippen LogP contribution in [-0.2, 0) is 4.43 Å². The van der Waals surface area contributed by atoms with Gasteiger partial charge in [0.1, 0.15) is 0 Å². The van der Waals surface area contributed by atoms with Gasteiger partial charge < -0.3 is 4.43 Å². The number of hydrogen-bond donors (Lipinski definition) is 0. The zero-order chi connectivity index (χ0) is 34.3. The first-order valence-electron chi connectivity index (χ1n) is 20.8. The molecule has 2 heteroatoms. The van der Waals surface area contributed by atoms with Crippen LogP contribution in [0.2, 0.25) is 0 Å². The third kappa shape index (κ3) is 5.93. The molecule has 0 spiro atoms. The van der Waals surface area contributed by atoms with E-state index >= 15 is 0 Å². The van der Waals surface area contributed by atoms with Crippen molar-refractivity contribution in [3.8, 4) is 0 Å². The van der Waals surface area contributed by atoms with Gasteiger partial charge in [-0.3, -0.25) is 0 Å². The zero-order valence-corrected chi connectivity index (χ0v) is 32.2. The van der Waals surface area contributed by atoms with Crippen LogP contribution in [0.4, 0.5) is 0 Å². The minimum atomic E-state index is -2.72. The molecule has 6 aliphatic carbocycles. The van der Waals surface area contributed by atoms with Crippen molar-refractivity contribution in [2.24, 2.45) is 17.3 Å². The highest BCUT2D eigenvalue weighted by molar-refractivity contribution is 7.07. The molecule has 1 nitrogen and oxygen atoms in total. The Morgan fingerprint density at radius 3 is 1.39 bits per heavy atom. The number of allylic oxidation sites excluding steroid dienone is 8. The molecule has 0 aliphatic heterocycles. The Morgan fingerprint density at radius 2 is 0.941 bits per heavy atom. The Bertz CT molecular complexity index is 1690. The normalized spacial score (nSPS) is 24.6. The van der Waals surface area contributed by atoms with Crippen LogP contribution < -0.4 is 15.6 Å². The summed E-state index contributed by atoms with van der Waals surface area (Å²) in [5, 5.41) is 4.04. The van der Waals surface area contributed by atoms with Gasteiger partial charge in [-0.2, -0.15) is 0 Å². The van der Waals surface area contributed by atoms with Crippen LogP contribution in [0, 0.1) is 17.3 Å². The molecule has 3 aromatic rings. The van der Waals surface area contributed by atoms with E-state index in [-0.39, 0.29) is 5.41 Å². The molecule has 0 radical (unpaired) electrons. The van der Waals surface area contributed by atoms with Crippen LogP contribution in [-0.4, -0.2) is 14.9 Å². The lowest BCUT2D eigenvalue weighted by Crippen LogP contribution is -2.69. The zero-order valence-electron chi connectivity index (χ0n) is 31.2. The molecule has 0 fully saturated rings. The minimum absolute atomic E-state index is 0.269. The third-order valence-electron chi connectivity index (χ3n) is 14.5. The molecule has 2 atom stereocenters. The molecule has 0 bridgehead atoms. The van der Waals surface area contributed by atoms with Crippen molar-refractivity contribution < 1.29 is 4.43 Å². The van der Waals surface area contributed by atoms with E-state index in [1.807, 2.05) is 44.6 Å². The van der Waals surface area contributed by atoms with Crippen LogP contribution in [0.5, 0.6) is 0 Å². The van der Waals surface area contributed by atoms with Gasteiger partial charge in [-0.1, -0.05) is 120 Å². The van der Waals surface area contributed by atoms with Gasteiger partial charge in [-0.25, -0.2) is 0 Å². The summed E-state index contributed by atoms with van der Waals surface area (Å²) in [6.45, 7) is 3.60. The molecule has 9 rings (SSSR count). The van der Waals surface area contributed by atoms with Gasteiger partial charge >= 0.3 is 0 Å². The molecule has 6 aliphatic rings. The van der Waals surface area contributed by atoms with E-state index in [4.69, 9.17) is 4.43 Å². The van der Waals surface area contributed by atoms with E-state index in [1.54, 1.807) is 0 Å². The molecule has 51 heavy (non-hydrogen) atoms. The van der Waals surface area contributed by atoms with Crippen molar-refractivity contribution in [2.75, 3.05) is 6.61 Å². The standard InChI is InChI=1S/C49H58OSi/c1-49(47-30-15-28-43-41-26-13-11-18-36(41)34-45(43)47,48-31-16-29-44-42-27-14-12-19-37(42)35-46(44)48)32-17-33-50-51(38-20-5-2-6-21-38,39-22-7-3-8-23-39)40-24-9-4-10-25-40/h2-10,20-25,47-48H,11-19,26-35H2,1H3. The third-order valence-corrected chi connectivity index (χ3v) is 18.5. The maximum Gasteiger partial charge on any atom is 0.288 e. The highest BCUT2D eigenvalue weighted by atomic mass is 28.4. The largest absolute Gasteiger partial charge is 0.404 e. The molecule has 0 aromatic heterocycles. The summed E-state index contributed by atoms with van der Waals surface area (Å²) in [6.07, 6.45) is 24.3. The molecular weight excluding hydrogens is 633 g/mol. The molecule has 3 aromatic carbocycles. The lowest BCUT2D eigenvalue weighted by atomic mass is 9.55. The predicted molar refractivity (Wildman–Crippen MR) is 216 cm³/mol. The fourth-order valence-corrected chi connectivity index (χ4v) is 16.1. The Morgan fingerprint density at radius 1 is 0.529 bits per heavy atom. The van der Waals surface area contributed by atoms with Gasteiger partial charge in [0, 0.05) is 6.61 Å². The average molecular weight is 691 g/mol.